The quantitative estimate of drug-likeness (QED) is 0.944. The van der Waals surface area contributed by atoms with E-state index in [1.807, 2.05) is 6.92 Å². The second-order valence-corrected chi connectivity index (χ2v) is 6.74. The Labute approximate surface area is 121 Å². The van der Waals surface area contributed by atoms with Gasteiger partial charge in [-0.3, -0.25) is 4.90 Å². The first-order chi connectivity index (χ1) is 9.24. The lowest BCUT2D eigenvalue weighted by molar-refractivity contribution is 0.185. The van der Waals surface area contributed by atoms with Crippen LogP contribution in [-0.4, -0.2) is 41.0 Å². The van der Waals surface area contributed by atoms with E-state index < -0.39 is 0 Å². The zero-order valence-electron chi connectivity index (χ0n) is 11.2. The summed E-state index contributed by atoms with van der Waals surface area (Å²) in [7, 11) is 0. The number of aromatic nitrogens is 2. The third-order valence-corrected chi connectivity index (χ3v) is 5.25. The first-order valence-electron chi connectivity index (χ1n) is 6.57. The van der Waals surface area contributed by atoms with Crippen LogP contribution in [0.4, 0.5) is 0 Å². The average Bonchev–Trinajstić information content (AvgIpc) is 3.07. The predicted molar refractivity (Wildman–Crippen MR) is 80.8 cm³/mol. The maximum atomic E-state index is 4.77. The van der Waals surface area contributed by atoms with E-state index in [2.05, 4.69) is 32.9 Å². The van der Waals surface area contributed by atoms with Crippen LogP contribution in [0.25, 0.3) is 11.4 Å². The van der Waals surface area contributed by atoms with Crippen LogP contribution in [-0.2, 0) is 0 Å². The van der Waals surface area contributed by atoms with Crippen LogP contribution < -0.4 is 5.32 Å². The topological polar surface area (TPSA) is 41.1 Å². The van der Waals surface area contributed by atoms with Crippen LogP contribution in [0.5, 0.6) is 0 Å². The monoisotopic (exact) mass is 294 g/mol. The molecule has 2 aromatic heterocycles. The number of hydrogen-bond acceptors (Lipinski definition) is 6. The Morgan fingerprint density at radius 3 is 2.53 bits per heavy atom. The van der Waals surface area contributed by atoms with Gasteiger partial charge >= 0.3 is 0 Å². The molecule has 0 spiro atoms. The van der Waals surface area contributed by atoms with Crippen LogP contribution >= 0.6 is 22.7 Å². The van der Waals surface area contributed by atoms with Gasteiger partial charge in [0.1, 0.15) is 16.4 Å². The molecule has 0 amide bonds. The van der Waals surface area contributed by atoms with Gasteiger partial charge in [-0.2, -0.15) is 0 Å². The molecule has 1 saturated heterocycles. The molecule has 1 aliphatic heterocycles. The van der Waals surface area contributed by atoms with E-state index in [0.717, 1.165) is 42.6 Å². The van der Waals surface area contributed by atoms with Crippen molar-refractivity contribution in [2.75, 3.05) is 26.2 Å². The average molecular weight is 294 g/mol. The van der Waals surface area contributed by atoms with E-state index in [9.17, 15) is 0 Å². The molecule has 0 saturated carbocycles. The number of hydrogen-bond donors (Lipinski definition) is 1. The normalized spacial score (nSPS) is 18.6. The molecule has 1 unspecified atom stereocenters. The molecule has 3 heterocycles. The Bertz CT molecular complexity index is 542. The number of nitrogens with zero attached hydrogens (tertiary/aromatic N) is 3. The SMILES string of the molecule is Cc1nc(-c2csc(C(C)N3CCNCC3)n2)cs1. The second-order valence-electron chi connectivity index (χ2n) is 4.78. The summed E-state index contributed by atoms with van der Waals surface area (Å²) in [6, 6.07) is 0.403. The molecule has 1 N–H and O–H groups in total. The molecule has 1 fully saturated rings. The summed E-state index contributed by atoms with van der Waals surface area (Å²) < 4.78 is 0. The third-order valence-electron chi connectivity index (χ3n) is 3.46. The molecule has 4 nitrogen and oxygen atoms in total. The molecular weight excluding hydrogens is 276 g/mol. The van der Waals surface area contributed by atoms with Gasteiger partial charge in [0.2, 0.25) is 0 Å². The highest BCUT2D eigenvalue weighted by molar-refractivity contribution is 7.10. The minimum atomic E-state index is 0.403. The van der Waals surface area contributed by atoms with Gasteiger partial charge in [-0.1, -0.05) is 0 Å². The zero-order valence-corrected chi connectivity index (χ0v) is 12.9. The first-order valence-corrected chi connectivity index (χ1v) is 8.32. The van der Waals surface area contributed by atoms with Gasteiger partial charge in [0.25, 0.3) is 0 Å². The van der Waals surface area contributed by atoms with Crippen molar-refractivity contribution in [3.8, 4) is 11.4 Å². The van der Waals surface area contributed by atoms with Gasteiger partial charge < -0.3 is 5.32 Å². The van der Waals surface area contributed by atoms with Crippen molar-refractivity contribution in [3.63, 3.8) is 0 Å². The zero-order chi connectivity index (χ0) is 13.2. The van der Waals surface area contributed by atoms with Crippen LogP contribution in [0.1, 0.15) is 23.0 Å². The molecule has 6 heteroatoms. The summed E-state index contributed by atoms with van der Waals surface area (Å²) in [5, 5.41) is 9.90. The lowest BCUT2D eigenvalue weighted by atomic mass is 10.2. The summed E-state index contributed by atoms with van der Waals surface area (Å²) >= 11 is 3.43. The smallest absolute Gasteiger partial charge is 0.110 e. The summed E-state index contributed by atoms with van der Waals surface area (Å²) in [5.74, 6) is 0. The van der Waals surface area contributed by atoms with Crippen LogP contribution in [0.15, 0.2) is 10.8 Å². The maximum absolute atomic E-state index is 4.77. The third kappa shape index (κ3) is 2.86. The lowest BCUT2D eigenvalue weighted by Gasteiger charge is -2.31. The van der Waals surface area contributed by atoms with Gasteiger partial charge in [-0.15, -0.1) is 22.7 Å². The van der Waals surface area contributed by atoms with E-state index in [1.165, 1.54) is 5.01 Å². The highest BCUT2D eigenvalue weighted by Crippen LogP contribution is 2.29. The Morgan fingerprint density at radius 2 is 1.84 bits per heavy atom. The number of thiazole rings is 2. The first kappa shape index (κ1) is 13.2. The van der Waals surface area contributed by atoms with Crippen LogP contribution in [0, 0.1) is 6.92 Å². The summed E-state index contributed by atoms with van der Waals surface area (Å²) in [5.41, 5.74) is 2.03. The molecule has 0 aromatic carbocycles. The Kier molecular flexibility index (Phi) is 3.93. The standard InChI is InChI=1S/C13H18N4S2/c1-9(17-5-3-14-4-6-17)13-16-12(8-19-13)11-7-18-10(2)15-11/h7-9,14H,3-6H2,1-2H3. The van der Waals surface area contributed by atoms with Crippen molar-refractivity contribution < 1.29 is 0 Å². The van der Waals surface area contributed by atoms with Gasteiger partial charge in [0.15, 0.2) is 0 Å². The lowest BCUT2D eigenvalue weighted by Crippen LogP contribution is -2.44. The summed E-state index contributed by atoms with van der Waals surface area (Å²) in [6.45, 7) is 8.64. The summed E-state index contributed by atoms with van der Waals surface area (Å²) in [6.07, 6.45) is 0. The van der Waals surface area contributed by atoms with Gasteiger partial charge in [-0.25, -0.2) is 9.97 Å². The van der Waals surface area contributed by atoms with Crippen molar-refractivity contribution in [1.29, 1.82) is 0 Å². The Balaban J connectivity index is 1.76. The molecular formula is C13H18N4S2. The van der Waals surface area contributed by atoms with Gasteiger partial charge in [0.05, 0.1) is 11.0 Å². The highest BCUT2D eigenvalue weighted by Gasteiger charge is 2.21. The van der Waals surface area contributed by atoms with Gasteiger partial charge in [-0.05, 0) is 13.8 Å². The molecule has 102 valence electrons. The van der Waals surface area contributed by atoms with Crippen molar-refractivity contribution >= 4 is 22.7 Å². The number of rotatable bonds is 3. The summed E-state index contributed by atoms with van der Waals surface area (Å²) in [4.78, 5) is 11.8. The van der Waals surface area contributed by atoms with Crippen molar-refractivity contribution in [2.45, 2.75) is 19.9 Å². The van der Waals surface area contributed by atoms with E-state index in [4.69, 9.17) is 4.98 Å². The number of nitrogens with one attached hydrogen (secondary N) is 1. The number of piperazine rings is 1. The minimum absolute atomic E-state index is 0.403. The largest absolute Gasteiger partial charge is 0.314 e. The van der Waals surface area contributed by atoms with Crippen molar-refractivity contribution in [1.82, 2.24) is 20.2 Å². The fourth-order valence-corrected chi connectivity index (χ4v) is 3.81. The van der Waals surface area contributed by atoms with Gasteiger partial charge in [0, 0.05) is 36.9 Å². The van der Waals surface area contributed by atoms with E-state index in [1.54, 1.807) is 22.7 Å². The molecule has 0 aliphatic carbocycles. The van der Waals surface area contributed by atoms with E-state index in [0.29, 0.717) is 6.04 Å². The molecule has 1 atom stereocenters. The minimum Gasteiger partial charge on any atom is -0.314 e. The fourth-order valence-electron chi connectivity index (χ4n) is 2.30. The van der Waals surface area contributed by atoms with Crippen LogP contribution in [0.2, 0.25) is 0 Å². The maximum Gasteiger partial charge on any atom is 0.110 e. The highest BCUT2D eigenvalue weighted by atomic mass is 32.1. The predicted octanol–water partition coefficient (Wildman–Crippen LogP) is 2.54. The molecule has 19 heavy (non-hydrogen) atoms. The van der Waals surface area contributed by atoms with Crippen molar-refractivity contribution in [2.24, 2.45) is 0 Å². The molecule has 0 radical (unpaired) electrons. The van der Waals surface area contributed by atoms with Crippen molar-refractivity contribution in [3.05, 3.63) is 20.8 Å². The Hall–Kier alpha value is -0.820. The molecule has 1 aliphatic rings. The fraction of sp³-hybridized carbons (Fsp3) is 0.538. The van der Waals surface area contributed by atoms with Crippen LogP contribution in [0.3, 0.4) is 0 Å². The molecule has 0 bridgehead atoms. The number of aryl methyl sites for hydroxylation is 1. The second kappa shape index (κ2) is 5.66. The molecule has 2 aromatic rings. The van der Waals surface area contributed by atoms with E-state index in [-0.39, 0.29) is 0 Å². The Morgan fingerprint density at radius 1 is 1.16 bits per heavy atom. The molecule has 3 rings (SSSR count). The van der Waals surface area contributed by atoms with E-state index >= 15 is 0 Å².